The second-order valence-corrected chi connectivity index (χ2v) is 5.67. The van der Waals surface area contributed by atoms with Gasteiger partial charge in [-0.15, -0.1) is 0 Å². The summed E-state index contributed by atoms with van der Waals surface area (Å²) in [7, 11) is 0. The Bertz CT molecular complexity index is 495. The summed E-state index contributed by atoms with van der Waals surface area (Å²) in [4.78, 5) is 2.51. The normalized spacial score (nSPS) is 12.5. The maximum atomic E-state index is 5.69. The Morgan fingerprint density at radius 3 is 2.19 bits per heavy atom. The molecule has 0 saturated heterocycles. The molecule has 0 aliphatic rings. The van der Waals surface area contributed by atoms with Crippen molar-refractivity contribution in [3.05, 3.63) is 71.8 Å². The first kappa shape index (κ1) is 15.7. The predicted molar refractivity (Wildman–Crippen MR) is 90.2 cm³/mol. The Morgan fingerprint density at radius 1 is 0.952 bits per heavy atom. The maximum absolute atomic E-state index is 5.69. The molecule has 1 unspecified atom stereocenters. The largest absolute Gasteiger partial charge is 0.330 e. The first-order chi connectivity index (χ1) is 10.3. The monoisotopic (exact) mass is 282 g/mol. The fourth-order valence-electron chi connectivity index (χ4n) is 2.67. The molecule has 0 amide bonds. The van der Waals surface area contributed by atoms with Crippen molar-refractivity contribution < 1.29 is 0 Å². The topological polar surface area (TPSA) is 29.3 Å². The fraction of sp³-hybridized carbons (Fsp3) is 0.368. The standard InChI is InChI=1S/C19H26N2/c1-17(19-11-6-3-7-12-19)15-21(14-8-13-20)16-18-9-4-2-5-10-18/h2-7,9-12,17H,8,13-16,20H2,1H3. The zero-order chi connectivity index (χ0) is 14.9. The minimum absolute atomic E-state index is 0.535. The van der Waals surface area contributed by atoms with Crippen molar-refractivity contribution >= 4 is 0 Å². The third kappa shape index (κ3) is 5.33. The van der Waals surface area contributed by atoms with Gasteiger partial charge < -0.3 is 5.73 Å². The van der Waals surface area contributed by atoms with Crippen LogP contribution in [0.2, 0.25) is 0 Å². The zero-order valence-corrected chi connectivity index (χ0v) is 12.9. The van der Waals surface area contributed by atoms with Gasteiger partial charge >= 0.3 is 0 Å². The lowest BCUT2D eigenvalue weighted by atomic mass is 10.0. The summed E-state index contributed by atoms with van der Waals surface area (Å²) < 4.78 is 0. The second-order valence-electron chi connectivity index (χ2n) is 5.67. The zero-order valence-electron chi connectivity index (χ0n) is 12.9. The minimum Gasteiger partial charge on any atom is -0.330 e. The summed E-state index contributed by atoms with van der Waals surface area (Å²) in [6, 6.07) is 21.4. The molecule has 0 fully saturated rings. The molecular weight excluding hydrogens is 256 g/mol. The molecule has 0 aliphatic heterocycles. The Balaban J connectivity index is 1.99. The summed E-state index contributed by atoms with van der Waals surface area (Å²) in [5.74, 6) is 0.535. The highest BCUT2D eigenvalue weighted by Gasteiger charge is 2.12. The van der Waals surface area contributed by atoms with Gasteiger partial charge in [-0.3, -0.25) is 4.90 Å². The number of rotatable bonds is 8. The van der Waals surface area contributed by atoms with Crippen molar-refractivity contribution in [3.63, 3.8) is 0 Å². The molecule has 0 saturated carbocycles. The number of benzene rings is 2. The lowest BCUT2D eigenvalue weighted by Gasteiger charge is -2.26. The molecule has 0 aliphatic carbocycles. The van der Waals surface area contributed by atoms with E-state index in [1.807, 2.05) is 0 Å². The summed E-state index contributed by atoms with van der Waals surface area (Å²) in [6.45, 7) is 6.18. The van der Waals surface area contributed by atoms with Crippen LogP contribution in [0.4, 0.5) is 0 Å². The van der Waals surface area contributed by atoms with Crippen molar-refractivity contribution in [2.75, 3.05) is 19.6 Å². The minimum atomic E-state index is 0.535. The van der Waals surface area contributed by atoms with Crippen LogP contribution in [0.25, 0.3) is 0 Å². The summed E-state index contributed by atoms with van der Waals surface area (Å²) in [5.41, 5.74) is 8.46. The summed E-state index contributed by atoms with van der Waals surface area (Å²) in [5, 5.41) is 0. The molecule has 112 valence electrons. The molecule has 2 aromatic carbocycles. The van der Waals surface area contributed by atoms with Crippen molar-refractivity contribution in [1.29, 1.82) is 0 Å². The van der Waals surface area contributed by atoms with Gasteiger partial charge in [-0.25, -0.2) is 0 Å². The van der Waals surface area contributed by atoms with E-state index in [-0.39, 0.29) is 0 Å². The Kier molecular flexibility index (Phi) is 6.45. The first-order valence-corrected chi connectivity index (χ1v) is 7.81. The first-order valence-electron chi connectivity index (χ1n) is 7.81. The highest BCUT2D eigenvalue weighted by Crippen LogP contribution is 2.17. The van der Waals surface area contributed by atoms with E-state index in [0.29, 0.717) is 5.92 Å². The Morgan fingerprint density at radius 2 is 1.57 bits per heavy atom. The van der Waals surface area contributed by atoms with Gasteiger partial charge in [-0.1, -0.05) is 67.6 Å². The highest BCUT2D eigenvalue weighted by atomic mass is 15.1. The van der Waals surface area contributed by atoms with E-state index in [0.717, 1.165) is 32.6 Å². The van der Waals surface area contributed by atoms with Crippen molar-refractivity contribution in [2.24, 2.45) is 5.73 Å². The van der Waals surface area contributed by atoms with Crippen LogP contribution in [-0.2, 0) is 6.54 Å². The quantitative estimate of drug-likeness (QED) is 0.801. The molecule has 0 spiro atoms. The maximum Gasteiger partial charge on any atom is 0.0233 e. The van der Waals surface area contributed by atoms with Gasteiger partial charge in [-0.2, -0.15) is 0 Å². The van der Waals surface area contributed by atoms with Gasteiger partial charge in [0.05, 0.1) is 0 Å². The van der Waals surface area contributed by atoms with Crippen LogP contribution in [0.1, 0.15) is 30.4 Å². The van der Waals surface area contributed by atoms with Crippen molar-refractivity contribution in [1.82, 2.24) is 4.90 Å². The van der Waals surface area contributed by atoms with Crippen LogP contribution in [0.3, 0.4) is 0 Å². The van der Waals surface area contributed by atoms with Gasteiger partial charge in [0, 0.05) is 13.1 Å². The molecule has 2 N–H and O–H groups in total. The van der Waals surface area contributed by atoms with E-state index in [1.54, 1.807) is 0 Å². The number of nitrogens with zero attached hydrogens (tertiary/aromatic N) is 1. The van der Waals surface area contributed by atoms with E-state index < -0.39 is 0 Å². The molecule has 2 heteroatoms. The molecule has 2 nitrogen and oxygen atoms in total. The van der Waals surface area contributed by atoms with Crippen LogP contribution in [0.5, 0.6) is 0 Å². The Labute approximate surface area is 128 Å². The lowest BCUT2D eigenvalue weighted by molar-refractivity contribution is 0.251. The third-order valence-corrected chi connectivity index (χ3v) is 3.83. The summed E-state index contributed by atoms with van der Waals surface area (Å²) in [6.07, 6.45) is 1.05. The van der Waals surface area contributed by atoms with E-state index in [9.17, 15) is 0 Å². The molecule has 0 aromatic heterocycles. The fourth-order valence-corrected chi connectivity index (χ4v) is 2.67. The molecule has 0 bridgehead atoms. The van der Waals surface area contributed by atoms with E-state index >= 15 is 0 Å². The average molecular weight is 282 g/mol. The molecule has 2 rings (SSSR count). The smallest absolute Gasteiger partial charge is 0.0233 e. The van der Waals surface area contributed by atoms with Crippen LogP contribution in [-0.4, -0.2) is 24.5 Å². The summed E-state index contributed by atoms with van der Waals surface area (Å²) >= 11 is 0. The van der Waals surface area contributed by atoms with E-state index in [1.165, 1.54) is 11.1 Å². The molecular formula is C19H26N2. The highest BCUT2D eigenvalue weighted by molar-refractivity contribution is 5.19. The molecule has 0 heterocycles. The van der Waals surface area contributed by atoms with Gasteiger partial charge in [0.2, 0.25) is 0 Å². The van der Waals surface area contributed by atoms with Gasteiger partial charge in [0.1, 0.15) is 0 Å². The van der Waals surface area contributed by atoms with Gasteiger partial charge in [-0.05, 0) is 36.6 Å². The second kappa shape index (κ2) is 8.60. The van der Waals surface area contributed by atoms with Gasteiger partial charge in [0.15, 0.2) is 0 Å². The molecule has 0 radical (unpaired) electrons. The Hall–Kier alpha value is -1.64. The van der Waals surface area contributed by atoms with Crippen LogP contribution in [0.15, 0.2) is 60.7 Å². The van der Waals surface area contributed by atoms with Crippen LogP contribution >= 0.6 is 0 Å². The number of nitrogens with two attached hydrogens (primary N) is 1. The van der Waals surface area contributed by atoms with Crippen LogP contribution in [0, 0.1) is 0 Å². The average Bonchev–Trinajstić information content (AvgIpc) is 2.54. The molecule has 1 atom stereocenters. The molecule has 21 heavy (non-hydrogen) atoms. The lowest BCUT2D eigenvalue weighted by Crippen LogP contribution is -2.29. The van der Waals surface area contributed by atoms with E-state index in [4.69, 9.17) is 5.73 Å². The van der Waals surface area contributed by atoms with E-state index in [2.05, 4.69) is 72.5 Å². The van der Waals surface area contributed by atoms with Crippen molar-refractivity contribution in [3.8, 4) is 0 Å². The number of hydrogen-bond donors (Lipinski definition) is 1. The van der Waals surface area contributed by atoms with Crippen molar-refractivity contribution in [2.45, 2.75) is 25.8 Å². The SMILES string of the molecule is CC(CN(CCCN)Cc1ccccc1)c1ccccc1. The predicted octanol–water partition coefficient (Wildman–Crippen LogP) is 3.64. The third-order valence-electron chi connectivity index (χ3n) is 3.83. The van der Waals surface area contributed by atoms with Crippen LogP contribution < -0.4 is 5.73 Å². The van der Waals surface area contributed by atoms with Gasteiger partial charge in [0.25, 0.3) is 0 Å². The number of hydrogen-bond acceptors (Lipinski definition) is 2. The molecule has 2 aromatic rings.